The minimum atomic E-state index is -0.210. The molecule has 9 heteroatoms. The van der Waals surface area contributed by atoms with Crippen molar-refractivity contribution in [2.45, 2.75) is 61.1 Å². The highest BCUT2D eigenvalue weighted by molar-refractivity contribution is 8.00. The van der Waals surface area contributed by atoms with Gasteiger partial charge in [0.2, 0.25) is 5.91 Å². The third kappa shape index (κ3) is 5.16. The molecule has 0 radical (unpaired) electrons. The molecule has 0 aromatic heterocycles. The van der Waals surface area contributed by atoms with Gasteiger partial charge in [0.15, 0.2) is 5.78 Å². The number of urea groups is 1. The van der Waals surface area contributed by atoms with Gasteiger partial charge in [-0.1, -0.05) is 6.42 Å². The van der Waals surface area contributed by atoms with E-state index in [1.54, 1.807) is 0 Å². The second kappa shape index (κ2) is 9.12. The van der Waals surface area contributed by atoms with E-state index in [-0.39, 0.29) is 47.3 Å². The molecule has 2 saturated heterocycles. The van der Waals surface area contributed by atoms with Gasteiger partial charge >= 0.3 is 6.03 Å². The standard InChI is InChI=1S/C17H25N3O4S2/c21-10-7-12(22)14(8-10)25-6-5-18-15(23)4-2-1-3-13-16-11(9-26-13)19-17(24)20-16/h11,13-14,16H,1-9H2,(H,18,23)(H2,19,20,24)/t11-,13-,14?,16-/m0/s1. The Labute approximate surface area is 161 Å². The van der Waals surface area contributed by atoms with Crippen LogP contribution in [0, 0.1) is 0 Å². The molecule has 3 amide bonds. The number of rotatable bonds is 9. The maximum atomic E-state index is 11.9. The molecule has 26 heavy (non-hydrogen) atoms. The smallest absolute Gasteiger partial charge is 0.315 e. The van der Waals surface area contributed by atoms with E-state index >= 15 is 0 Å². The van der Waals surface area contributed by atoms with Gasteiger partial charge in [-0.3, -0.25) is 14.4 Å². The van der Waals surface area contributed by atoms with Crippen molar-refractivity contribution in [3.05, 3.63) is 0 Å². The topological polar surface area (TPSA) is 104 Å². The predicted octanol–water partition coefficient (Wildman–Crippen LogP) is 0.862. The first-order valence-corrected chi connectivity index (χ1v) is 11.2. The number of fused-ring (bicyclic) bond motifs is 1. The Morgan fingerprint density at radius 3 is 2.85 bits per heavy atom. The SMILES string of the molecule is O=C1CC(=O)C(SCCNC(=O)CCCC[C@@H]2SC[C@@H]3NC(=O)N[C@@H]32)C1. The molecule has 0 aromatic carbocycles. The van der Waals surface area contributed by atoms with Crippen LogP contribution in [0.4, 0.5) is 4.79 Å². The van der Waals surface area contributed by atoms with Crippen molar-refractivity contribution in [2.24, 2.45) is 0 Å². The lowest BCUT2D eigenvalue weighted by atomic mass is 10.0. The largest absolute Gasteiger partial charge is 0.355 e. The summed E-state index contributed by atoms with van der Waals surface area (Å²) < 4.78 is 0. The van der Waals surface area contributed by atoms with Crippen molar-refractivity contribution in [1.82, 2.24) is 16.0 Å². The summed E-state index contributed by atoms with van der Waals surface area (Å²) in [6.07, 6.45) is 3.73. The number of hydrogen-bond acceptors (Lipinski definition) is 6. The summed E-state index contributed by atoms with van der Waals surface area (Å²) in [5, 5.41) is 9.01. The maximum absolute atomic E-state index is 11.9. The van der Waals surface area contributed by atoms with Crippen LogP contribution in [0.25, 0.3) is 0 Å². The summed E-state index contributed by atoms with van der Waals surface area (Å²) in [4.78, 5) is 45.9. The van der Waals surface area contributed by atoms with E-state index in [4.69, 9.17) is 0 Å². The molecule has 2 aliphatic heterocycles. The number of amides is 3. The summed E-state index contributed by atoms with van der Waals surface area (Å²) >= 11 is 3.36. The van der Waals surface area contributed by atoms with Crippen molar-refractivity contribution >= 4 is 47.0 Å². The number of hydrogen-bond donors (Lipinski definition) is 3. The average molecular weight is 400 g/mol. The zero-order valence-corrected chi connectivity index (χ0v) is 16.3. The predicted molar refractivity (Wildman–Crippen MR) is 102 cm³/mol. The van der Waals surface area contributed by atoms with Crippen molar-refractivity contribution < 1.29 is 19.2 Å². The van der Waals surface area contributed by atoms with Crippen LogP contribution < -0.4 is 16.0 Å². The zero-order valence-electron chi connectivity index (χ0n) is 14.6. The van der Waals surface area contributed by atoms with E-state index in [1.807, 2.05) is 11.8 Å². The average Bonchev–Trinajstić information content (AvgIpc) is 3.23. The van der Waals surface area contributed by atoms with Crippen LogP contribution in [0.15, 0.2) is 0 Å². The summed E-state index contributed by atoms with van der Waals surface area (Å²) in [5.41, 5.74) is 0. The van der Waals surface area contributed by atoms with Gasteiger partial charge in [-0.2, -0.15) is 11.8 Å². The van der Waals surface area contributed by atoms with Gasteiger partial charge in [-0.25, -0.2) is 4.79 Å². The molecule has 3 rings (SSSR count). The molecule has 0 spiro atoms. The molecule has 1 saturated carbocycles. The first-order valence-electron chi connectivity index (χ1n) is 9.14. The van der Waals surface area contributed by atoms with Gasteiger partial charge in [-0.15, -0.1) is 11.8 Å². The van der Waals surface area contributed by atoms with Gasteiger partial charge in [0.05, 0.1) is 23.8 Å². The van der Waals surface area contributed by atoms with Gasteiger partial charge in [0.1, 0.15) is 5.78 Å². The van der Waals surface area contributed by atoms with Crippen molar-refractivity contribution in [3.8, 4) is 0 Å². The summed E-state index contributed by atoms with van der Waals surface area (Å²) in [7, 11) is 0. The first-order chi connectivity index (χ1) is 12.5. The van der Waals surface area contributed by atoms with Gasteiger partial charge in [-0.05, 0) is 12.8 Å². The quantitative estimate of drug-likeness (QED) is 0.302. The molecular formula is C17H25N3O4S2. The number of carbonyl (C=O) groups excluding carboxylic acids is 4. The molecule has 1 aliphatic carbocycles. The zero-order chi connectivity index (χ0) is 18.5. The lowest BCUT2D eigenvalue weighted by Gasteiger charge is -2.16. The van der Waals surface area contributed by atoms with Crippen LogP contribution >= 0.6 is 23.5 Å². The minimum absolute atomic E-state index is 0.0204. The first kappa shape index (κ1) is 19.5. The molecule has 4 atom stereocenters. The Morgan fingerprint density at radius 1 is 1.23 bits per heavy atom. The number of thioether (sulfide) groups is 2. The Balaban J connectivity index is 1.21. The van der Waals surface area contributed by atoms with Gasteiger partial charge in [0.25, 0.3) is 0 Å². The van der Waals surface area contributed by atoms with Crippen LogP contribution in [0.5, 0.6) is 0 Å². The molecular weight excluding hydrogens is 374 g/mol. The molecule has 1 unspecified atom stereocenters. The molecule has 2 heterocycles. The number of ketones is 2. The van der Waals surface area contributed by atoms with E-state index in [2.05, 4.69) is 16.0 Å². The van der Waals surface area contributed by atoms with Crippen molar-refractivity contribution in [2.75, 3.05) is 18.1 Å². The molecule has 3 fully saturated rings. The van der Waals surface area contributed by atoms with E-state index in [0.717, 1.165) is 25.0 Å². The monoisotopic (exact) mass is 399 g/mol. The van der Waals surface area contributed by atoms with E-state index < -0.39 is 0 Å². The molecule has 3 N–H and O–H groups in total. The fourth-order valence-corrected chi connectivity index (χ4v) is 6.23. The van der Waals surface area contributed by atoms with Crippen LogP contribution in [-0.2, 0) is 14.4 Å². The highest BCUT2D eigenvalue weighted by atomic mass is 32.2. The second-order valence-corrected chi connectivity index (χ2v) is 9.55. The Kier molecular flexibility index (Phi) is 6.86. The fourth-order valence-electron chi connectivity index (χ4n) is 3.61. The summed E-state index contributed by atoms with van der Waals surface area (Å²) in [6.45, 7) is 0.529. The molecule has 0 aromatic rings. The lowest BCUT2D eigenvalue weighted by Crippen LogP contribution is -2.36. The molecule has 0 bridgehead atoms. The van der Waals surface area contributed by atoms with Crippen molar-refractivity contribution in [3.63, 3.8) is 0 Å². The third-order valence-corrected chi connectivity index (χ3v) is 7.75. The van der Waals surface area contributed by atoms with Crippen LogP contribution in [-0.4, -0.2) is 64.1 Å². The molecule has 3 aliphatic rings. The molecule has 7 nitrogen and oxygen atoms in total. The fraction of sp³-hybridized carbons (Fsp3) is 0.765. The highest BCUT2D eigenvalue weighted by Crippen LogP contribution is 2.33. The Bertz CT molecular complexity index is 586. The van der Waals surface area contributed by atoms with Gasteiger partial charge < -0.3 is 16.0 Å². The number of carbonyl (C=O) groups is 4. The normalized spacial score (nSPS) is 30.2. The number of nitrogens with one attached hydrogen (secondary N) is 3. The maximum Gasteiger partial charge on any atom is 0.315 e. The van der Waals surface area contributed by atoms with Crippen LogP contribution in [0.3, 0.4) is 0 Å². The Morgan fingerprint density at radius 2 is 2.08 bits per heavy atom. The summed E-state index contributed by atoms with van der Waals surface area (Å²) in [6, 6.07) is 0.412. The lowest BCUT2D eigenvalue weighted by molar-refractivity contribution is -0.122. The van der Waals surface area contributed by atoms with Crippen LogP contribution in [0.2, 0.25) is 0 Å². The Hall–Kier alpha value is -1.22. The van der Waals surface area contributed by atoms with E-state index in [0.29, 0.717) is 30.4 Å². The number of Topliss-reactive ketones (excluding diaryl/α,β-unsaturated/α-hetero) is 2. The van der Waals surface area contributed by atoms with Crippen LogP contribution in [0.1, 0.15) is 38.5 Å². The van der Waals surface area contributed by atoms with Crippen molar-refractivity contribution in [1.29, 1.82) is 0 Å². The minimum Gasteiger partial charge on any atom is -0.355 e. The van der Waals surface area contributed by atoms with Gasteiger partial charge in [0, 0.05) is 36.1 Å². The summed E-state index contributed by atoms with van der Waals surface area (Å²) in [5.74, 6) is 1.70. The molecule has 144 valence electrons. The second-order valence-electron chi connectivity index (χ2n) is 6.96. The highest BCUT2D eigenvalue weighted by Gasteiger charge is 2.42. The van der Waals surface area contributed by atoms with E-state index in [9.17, 15) is 19.2 Å². The third-order valence-electron chi connectivity index (χ3n) is 4.97. The van der Waals surface area contributed by atoms with E-state index in [1.165, 1.54) is 11.8 Å². The number of unbranched alkanes of at least 4 members (excludes halogenated alkanes) is 1.